The van der Waals surface area contributed by atoms with Crippen LogP contribution in [0.25, 0.3) is 0 Å². The summed E-state index contributed by atoms with van der Waals surface area (Å²) in [5, 5.41) is 21.3. The number of aromatic nitrogens is 7. The fraction of sp³-hybridized carbons (Fsp3) is 0.286. The Morgan fingerprint density at radius 3 is 2.92 bits per heavy atom. The van der Waals surface area contributed by atoms with Gasteiger partial charge in [0.2, 0.25) is 5.16 Å². The highest BCUT2D eigenvalue weighted by Crippen LogP contribution is 2.16. The van der Waals surface area contributed by atoms with E-state index in [0.717, 1.165) is 12.2 Å². The van der Waals surface area contributed by atoms with E-state index < -0.39 is 5.97 Å². The van der Waals surface area contributed by atoms with Crippen molar-refractivity contribution in [2.75, 3.05) is 7.11 Å². The van der Waals surface area contributed by atoms with Crippen LogP contribution >= 0.6 is 11.8 Å². The molecule has 3 aromatic heterocycles. The number of methoxy groups -OCH3 is 1. The number of hydrogen-bond donors (Lipinski definition) is 0. The minimum absolute atomic E-state index is 0.258. The molecule has 0 bridgehead atoms. The lowest BCUT2D eigenvalue weighted by atomic mass is 10.4. The summed E-state index contributed by atoms with van der Waals surface area (Å²) in [6.45, 7) is 2.82. The molecule has 0 fully saturated rings. The topological polar surface area (TPSA) is 105 Å². The first kappa shape index (κ1) is 16.9. The third-order valence-electron chi connectivity index (χ3n) is 3.16. The van der Waals surface area contributed by atoms with E-state index >= 15 is 0 Å². The van der Waals surface area contributed by atoms with Gasteiger partial charge in [0.05, 0.1) is 19.2 Å². The van der Waals surface area contributed by atoms with Crippen molar-refractivity contribution >= 4 is 23.9 Å². The van der Waals surface area contributed by atoms with Crippen molar-refractivity contribution in [2.45, 2.75) is 24.5 Å². The molecule has 3 aromatic rings. The number of nitrogens with zero attached hydrogens (tertiary/aromatic N) is 8. The van der Waals surface area contributed by atoms with E-state index in [2.05, 4.69) is 30.2 Å². The first-order valence-corrected chi connectivity index (χ1v) is 8.40. The van der Waals surface area contributed by atoms with Gasteiger partial charge in [-0.1, -0.05) is 11.8 Å². The van der Waals surface area contributed by atoms with E-state index in [9.17, 15) is 4.79 Å². The van der Waals surface area contributed by atoms with Crippen LogP contribution in [-0.4, -0.2) is 53.7 Å². The zero-order valence-electron chi connectivity index (χ0n) is 13.7. The van der Waals surface area contributed by atoms with Crippen molar-refractivity contribution in [1.82, 2.24) is 34.4 Å². The van der Waals surface area contributed by atoms with Gasteiger partial charge in [0.25, 0.3) is 0 Å². The van der Waals surface area contributed by atoms with E-state index in [1.807, 2.05) is 23.9 Å². The molecule has 0 unspecified atom stereocenters. The lowest BCUT2D eigenvalue weighted by molar-refractivity contribution is 0.0593. The van der Waals surface area contributed by atoms with Gasteiger partial charge >= 0.3 is 5.97 Å². The highest BCUT2D eigenvalue weighted by atomic mass is 32.2. The summed E-state index contributed by atoms with van der Waals surface area (Å²) in [6.07, 6.45) is 6.74. The number of thioether (sulfide) groups is 1. The highest BCUT2D eigenvalue weighted by molar-refractivity contribution is 7.98. The van der Waals surface area contributed by atoms with Crippen LogP contribution in [0.4, 0.5) is 0 Å². The lowest BCUT2D eigenvalue weighted by Crippen LogP contribution is -2.04. The van der Waals surface area contributed by atoms with Crippen LogP contribution in [0.2, 0.25) is 0 Å². The summed E-state index contributed by atoms with van der Waals surface area (Å²) in [5.74, 6) is -0.0154. The van der Waals surface area contributed by atoms with Crippen molar-refractivity contribution in [2.24, 2.45) is 5.10 Å². The number of rotatable bonds is 7. The minimum Gasteiger partial charge on any atom is -0.464 e. The molecule has 0 aliphatic heterocycles. The van der Waals surface area contributed by atoms with Gasteiger partial charge in [-0.3, -0.25) is 9.36 Å². The molecule has 11 heteroatoms. The maximum Gasteiger partial charge on any atom is 0.358 e. The maximum absolute atomic E-state index is 11.4. The van der Waals surface area contributed by atoms with Crippen LogP contribution in [0, 0.1) is 0 Å². The molecule has 0 N–H and O–H groups in total. The Bertz CT molecular complexity index is 881. The van der Waals surface area contributed by atoms with E-state index in [0.29, 0.717) is 11.0 Å². The van der Waals surface area contributed by atoms with Crippen molar-refractivity contribution in [3.8, 4) is 0 Å². The Kier molecular flexibility index (Phi) is 5.23. The number of esters is 1. The van der Waals surface area contributed by atoms with Gasteiger partial charge in [-0.2, -0.15) is 20.0 Å². The van der Waals surface area contributed by atoms with Gasteiger partial charge in [-0.05, 0) is 19.1 Å². The van der Waals surface area contributed by atoms with Crippen molar-refractivity contribution in [3.05, 3.63) is 42.2 Å². The Labute approximate surface area is 147 Å². The van der Waals surface area contributed by atoms with Gasteiger partial charge in [-0.15, -0.1) is 10.2 Å². The average Bonchev–Trinajstić information content (AvgIpc) is 3.37. The first-order valence-electron chi connectivity index (χ1n) is 7.42. The van der Waals surface area contributed by atoms with Crippen LogP contribution in [0.1, 0.15) is 23.1 Å². The van der Waals surface area contributed by atoms with Crippen LogP contribution in [0.15, 0.2) is 41.1 Å². The van der Waals surface area contributed by atoms with Crippen molar-refractivity contribution in [1.29, 1.82) is 0 Å². The van der Waals surface area contributed by atoms with E-state index in [1.54, 1.807) is 27.8 Å². The number of carbonyl (C=O) groups is 1. The van der Waals surface area contributed by atoms with Crippen molar-refractivity contribution in [3.63, 3.8) is 0 Å². The highest BCUT2D eigenvalue weighted by Gasteiger charge is 2.10. The maximum atomic E-state index is 11.4. The molecule has 0 aromatic carbocycles. The molecule has 25 heavy (non-hydrogen) atoms. The molecule has 3 rings (SSSR count). The zero-order valence-corrected chi connectivity index (χ0v) is 14.5. The molecule has 0 amide bonds. The van der Waals surface area contributed by atoms with E-state index in [1.165, 1.54) is 25.2 Å². The third-order valence-corrected chi connectivity index (χ3v) is 4.08. The SMILES string of the molecule is CCn1ccc(/C=N/n2cnnc2SCn2ccc(C(=O)OC)n2)n1. The fourth-order valence-corrected chi connectivity index (χ4v) is 2.63. The Morgan fingerprint density at radius 2 is 2.16 bits per heavy atom. The lowest BCUT2D eigenvalue weighted by Gasteiger charge is -2.01. The molecule has 0 aliphatic rings. The van der Waals surface area contributed by atoms with E-state index in [4.69, 9.17) is 0 Å². The number of ether oxygens (including phenoxy) is 1. The molecule has 0 saturated heterocycles. The number of aryl methyl sites for hydroxylation is 1. The second kappa shape index (κ2) is 7.75. The summed E-state index contributed by atoms with van der Waals surface area (Å²) in [6, 6.07) is 3.47. The number of hydrogen-bond acceptors (Lipinski definition) is 8. The second-order valence-corrected chi connectivity index (χ2v) is 5.72. The largest absolute Gasteiger partial charge is 0.464 e. The van der Waals surface area contributed by atoms with Crippen LogP contribution in [0.5, 0.6) is 0 Å². The van der Waals surface area contributed by atoms with Gasteiger partial charge in [-0.25, -0.2) is 4.79 Å². The minimum atomic E-state index is -0.469. The van der Waals surface area contributed by atoms with Gasteiger partial charge in [0.1, 0.15) is 12.0 Å². The summed E-state index contributed by atoms with van der Waals surface area (Å²) in [7, 11) is 1.32. The molecule has 3 heterocycles. The monoisotopic (exact) mass is 360 g/mol. The van der Waals surface area contributed by atoms with Crippen molar-refractivity contribution < 1.29 is 9.53 Å². The van der Waals surface area contributed by atoms with Gasteiger partial charge in [0.15, 0.2) is 5.69 Å². The molecule has 0 spiro atoms. The fourth-order valence-electron chi connectivity index (χ4n) is 1.91. The first-order chi connectivity index (χ1) is 12.2. The molecular weight excluding hydrogens is 344 g/mol. The van der Waals surface area contributed by atoms with Gasteiger partial charge in [0, 0.05) is 18.9 Å². The van der Waals surface area contributed by atoms with Crippen LogP contribution in [0.3, 0.4) is 0 Å². The summed E-state index contributed by atoms with van der Waals surface area (Å²) in [5.41, 5.74) is 1.01. The van der Waals surface area contributed by atoms with Crippen LogP contribution in [-0.2, 0) is 17.2 Å². The van der Waals surface area contributed by atoms with Crippen LogP contribution < -0.4 is 0 Å². The van der Waals surface area contributed by atoms with Gasteiger partial charge < -0.3 is 4.74 Å². The average molecular weight is 360 g/mol. The molecule has 0 aliphatic carbocycles. The smallest absolute Gasteiger partial charge is 0.358 e. The summed E-state index contributed by atoms with van der Waals surface area (Å²) >= 11 is 1.38. The quantitative estimate of drug-likeness (QED) is 0.353. The Hall–Kier alpha value is -2.95. The second-order valence-electron chi connectivity index (χ2n) is 4.80. The third kappa shape index (κ3) is 4.12. The predicted octanol–water partition coefficient (Wildman–Crippen LogP) is 1.11. The molecular formula is C14H16N8O2S. The number of carbonyl (C=O) groups excluding carboxylic acids is 1. The molecule has 10 nitrogen and oxygen atoms in total. The summed E-state index contributed by atoms with van der Waals surface area (Å²) < 4.78 is 9.62. The standard InChI is InChI=1S/C14H16N8O2S/c1-3-20-6-4-11(18-20)8-16-22-9-15-17-14(22)25-10-21-7-5-12(19-21)13(23)24-2/h4-9H,3,10H2,1-2H3/b16-8+. The summed E-state index contributed by atoms with van der Waals surface area (Å²) in [4.78, 5) is 11.4. The Balaban J connectivity index is 1.63. The predicted molar refractivity (Wildman–Crippen MR) is 90.3 cm³/mol. The molecule has 0 saturated carbocycles. The Morgan fingerprint density at radius 1 is 1.32 bits per heavy atom. The normalized spacial score (nSPS) is 11.3. The zero-order chi connectivity index (χ0) is 17.6. The molecule has 0 radical (unpaired) electrons. The molecule has 130 valence electrons. The van der Waals surface area contributed by atoms with E-state index in [-0.39, 0.29) is 5.69 Å². The molecule has 0 atom stereocenters.